The molecule has 0 aliphatic rings. The summed E-state index contributed by atoms with van der Waals surface area (Å²) in [5.74, 6) is 0.870. The first-order valence-electron chi connectivity index (χ1n) is 5.87. The first kappa shape index (κ1) is 14.8. The molecule has 0 aliphatic carbocycles. The Balaban J connectivity index is 3.17. The predicted molar refractivity (Wildman–Crippen MR) is 74.7 cm³/mol. The van der Waals surface area contributed by atoms with Crippen LogP contribution in [0, 0.1) is 13.8 Å². The third-order valence-electron chi connectivity index (χ3n) is 3.02. The molecule has 0 fully saturated rings. The molecule has 0 aromatic heterocycles. The molecule has 1 rings (SSSR count). The Morgan fingerprint density at radius 1 is 1.39 bits per heavy atom. The maximum atomic E-state index is 10.8. The fourth-order valence-electron chi connectivity index (χ4n) is 2.11. The highest BCUT2D eigenvalue weighted by atomic mass is 35.5. The molecule has 0 aliphatic heterocycles. The van der Waals surface area contributed by atoms with Gasteiger partial charge in [0.15, 0.2) is 0 Å². The molecule has 1 amide bonds. The van der Waals surface area contributed by atoms with Crippen LogP contribution in [-0.4, -0.2) is 19.0 Å². The van der Waals surface area contributed by atoms with Gasteiger partial charge in [-0.15, -0.1) is 0 Å². The van der Waals surface area contributed by atoms with E-state index in [1.54, 1.807) is 7.11 Å². The third-order valence-corrected chi connectivity index (χ3v) is 3.16. The van der Waals surface area contributed by atoms with Gasteiger partial charge in [-0.3, -0.25) is 4.79 Å². The normalized spacial score (nSPS) is 11.2. The van der Waals surface area contributed by atoms with Crippen molar-refractivity contribution in [2.24, 2.45) is 0 Å². The van der Waals surface area contributed by atoms with Crippen molar-refractivity contribution >= 4 is 17.0 Å². The van der Waals surface area contributed by atoms with Crippen LogP contribution in [0.15, 0.2) is 12.1 Å². The van der Waals surface area contributed by atoms with E-state index in [2.05, 4.69) is 31.3 Å². The highest BCUT2D eigenvalue weighted by molar-refractivity contribution is 6.62. The van der Waals surface area contributed by atoms with E-state index in [0.29, 0.717) is 6.54 Å². The summed E-state index contributed by atoms with van der Waals surface area (Å²) in [7, 11) is 1.66. The van der Waals surface area contributed by atoms with Gasteiger partial charge in [0.1, 0.15) is 5.75 Å². The lowest BCUT2D eigenvalue weighted by Crippen LogP contribution is -2.34. The number of rotatable bonds is 4. The molecule has 0 bridgehead atoms. The molecule has 0 unspecified atom stereocenters. The van der Waals surface area contributed by atoms with E-state index >= 15 is 0 Å². The zero-order chi connectivity index (χ0) is 13.9. The summed E-state index contributed by atoms with van der Waals surface area (Å²) in [5, 5.41) is 2.11. The fraction of sp³-hybridized carbons (Fsp3) is 0.500. The summed E-state index contributed by atoms with van der Waals surface area (Å²) in [5.41, 5.74) is 3.10. The number of hydrogen-bond acceptors (Lipinski definition) is 2. The molecule has 0 heterocycles. The smallest absolute Gasteiger partial charge is 0.313 e. The maximum absolute atomic E-state index is 10.8. The summed E-state index contributed by atoms with van der Waals surface area (Å²) >= 11 is 5.33. The second-order valence-corrected chi connectivity index (χ2v) is 5.52. The minimum absolute atomic E-state index is 0.243. The summed E-state index contributed by atoms with van der Waals surface area (Å²) in [6.07, 6.45) is 0. The van der Waals surface area contributed by atoms with E-state index in [1.807, 2.05) is 13.8 Å². The Kier molecular flexibility index (Phi) is 4.63. The number of carbonyl (C=O) groups excluding carboxylic acids is 1. The summed E-state index contributed by atoms with van der Waals surface area (Å²) in [6, 6.07) is 4.17. The van der Waals surface area contributed by atoms with Crippen molar-refractivity contribution in [1.29, 1.82) is 0 Å². The van der Waals surface area contributed by atoms with E-state index in [4.69, 9.17) is 16.3 Å². The number of nitrogens with one attached hydrogen (secondary N) is 1. The Labute approximate surface area is 113 Å². The predicted octanol–water partition coefficient (Wildman–Crippen LogP) is 3.54. The van der Waals surface area contributed by atoms with Gasteiger partial charge in [-0.05, 0) is 31.0 Å². The molecule has 1 N–H and O–H groups in total. The van der Waals surface area contributed by atoms with Crippen LogP contribution in [0.3, 0.4) is 0 Å². The van der Waals surface area contributed by atoms with Gasteiger partial charge in [-0.1, -0.05) is 31.5 Å². The van der Waals surface area contributed by atoms with Crippen molar-refractivity contribution in [3.8, 4) is 5.75 Å². The zero-order valence-electron chi connectivity index (χ0n) is 11.6. The van der Waals surface area contributed by atoms with Crippen molar-refractivity contribution in [1.82, 2.24) is 5.32 Å². The lowest BCUT2D eigenvalue weighted by Gasteiger charge is -2.28. The largest absolute Gasteiger partial charge is 0.496 e. The number of benzene rings is 1. The minimum Gasteiger partial charge on any atom is -0.496 e. The van der Waals surface area contributed by atoms with Crippen LogP contribution in [0.2, 0.25) is 0 Å². The summed E-state index contributed by atoms with van der Waals surface area (Å²) in [4.78, 5) is 10.8. The number of ether oxygens (including phenoxy) is 1. The van der Waals surface area contributed by atoms with Crippen LogP contribution in [-0.2, 0) is 5.41 Å². The molecule has 1 aromatic rings. The number of aryl methyl sites for hydroxylation is 2. The van der Waals surface area contributed by atoms with E-state index < -0.39 is 5.37 Å². The Hall–Kier alpha value is -1.22. The fourth-order valence-corrected chi connectivity index (χ4v) is 2.18. The highest BCUT2D eigenvalue weighted by Crippen LogP contribution is 2.34. The zero-order valence-corrected chi connectivity index (χ0v) is 12.3. The molecular weight excluding hydrogens is 250 g/mol. The molecule has 1 aromatic carbocycles. The average Bonchev–Trinajstić information content (AvgIpc) is 2.25. The van der Waals surface area contributed by atoms with Gasteiger partial charge in [0.2, 0.25) is 0 Å². The van der Waals surface area contributed by atoms with E-state index in [0.717, 1.165) is 16.9 Å². The SMILES string of the molecule is COc1c(C)cc(C)cc1C(C)(C)CNC(=O)Cl. The van der Waals surface area contributed by atoms with Crippen LogP contribution in [0.25, 0.3) is 0 Å². The van der Waals surface area contributed by atoms with Gasteiger partial charge >= 0.3 is 5.37 Å². The van der Waals surface area contributed by atoms with Crippen LogP contribution in [0.5, 0.6) is 5.75 Å². The van der Waals surface area contributed by atoms with E-state index in [9.17, 15) is 4.79 Å². The number of amides is 1. The molecule has 0 saturated carbocycles. The Morgan fingerprint density at radius 3 is 2.50 bits per heavy atom. The van der Waals surface area contributed by atoms with Crippen LogP contribution in [0.4, 0.5) is 4.79 Å². The highest BCUT2D eigenvalue weighted by Gasteiger charge is 2.26. The molecule has 4 heteroatoms. The lowest BCUT2D eigenvalue weighted by atomic mass is 9.82. The second-order valence-electron chi connectivity index (χ2n) is 5.17. The quantitative estimate of drug-likeness (QED) is 0.671. The number of carbonyl (C=O) groups is 1. The third kappa shape index (κ3) is 3.39. The number of halogens is 1. The van der Waals surface area contributed by atoms with Crippen molar-refractivity contribution in [3.63, 3.8) is 0 Å². The van der Waals surface area contributed by atoms with Crippen LogP contribution in [0.1, 0.15) is 30.5 Å². The molecule has 3 nitrogen and oxygen atoms in total. The summed E-state index contributed by atoms with van der Waals surface area (Å²) in [6.45, 7) is 8.64. The first-order valence-corrected chi connectivity index (χ1v) is 6.25. The Bertz CT molecular complexity index is 455. The van der Waals surface area contributed by atoms with Gasteiger partial charge in [-0.25, -0.2) is 0 Å². The molecule has 0 atom stereocenters. The summed E-state index contributed by atoms with van der Waals surface area (Å²) < 4.78 is 5.48. The molecule has 0 saturated heterocycles. The van der Waals surface area contributed by atoms with E-state index in [1.165, 1.54) is 5.56 Å². The standard InChI is InChI=1S/C14H20ClNO2/c1-9-6-10(2)12(18-5)11(7-9)14(3,4)8-16-13(15)17/h6-7H,8H2,1-5H3,(H,16,17). The average molecular weight is 270 g/mol. The molecule has 0 radical (unpaired) electrons. The monoisotopic (exact) mass is 269 g/mol. The molecule has 18 heavy (non-hydrogen) atoms. The van der Waals surface area contributed by atoms with Gasteiger partial charge in [0, 0.05) is 17.5 Å². The van der Waals surface area contributed by atoms with Crippen molar-refractivity contribution in [2.45, 2.75) is 33.1 Å². The minimum atomic E-state index is -0.536. The number of hydrogen-bond donors (Lipinski definition) is 1. The van der Waals surface area contributed by atoms with Gasteiger partial charge in [0.25, 0.3) is 0 Å². The van der Waals surface area contributed by atoms with Crippen LogP contribution < -0.4 is 10.1 Å². The first-order chi connectivity index (χ1) is 8.27. The van der Waals surface area contributed by atoms with Gasteiger partial charge in [0.05, 0.1) is 7.11 Å². The van der Waals surface area contributed by atoms with Crippen molar-refractivity contribution in [3.05, 3.63) is 28.8 Å². The second kappa shape index (κ2) is 5.61. The van der Waals surface area contributed by atoms with Gasteiger partial charge in [-0.2, -0.15) is 0 Å². The lowest BCUT2D eigenvalue weighted by molar-refractivity contribution is 0.257. The van der Waals surface area contributed by atoms with E-state index in [-0.39, 0.29) is 5.41 Å². The molecule has 0 spiro atoms. The Morgan fingerprint density at radius 2 is 2.00 bits per heavy atom. The molecular formula is C14H20ClNO2. The maximum Gasteiger partial charge on any atom is 0.313 e. The molecule has 100 valence electrons. The van der Waals surface area contributed by atoms with Gasteiger partial charge < -0.3 is 10.1 Å². The van der Waals surface area contributed by atoms with Crippen molar-refractivity contribution < 1.29 is 9.53 Å². The van der Waals surface area contributed by atoms with Crippen LogP contribution >= 0.6 is 11.6 Å². The van der Waals surface area contributed by atoms with Crippen molar-refractivity contribution in [2.75, 3.05) is 13.7 Å². The topological polar surface area (TPSA) is 38.3 Å². The number of methoxy groups -OCH3 is 1.